The summed E-state index contributed by atoms with van der Waals surface area (Å²) in [6.45, 7) is 6.14. The summed E-state index contributed by atoms with van der Waals surface area (Å²) in [5, 5.41) is 2.53. The molecule has 6 nitrogen and oxygen atoms in total. The first-order valence-corrected chi connectivity index (χ1v) is 7.98. The Kier molecular flexibility index (Phi) is 5.98. The minimum atomic E-state index is -0.148. The van der Waals surface area contributed by atoms with Crippen LogP contribution in [0.25, 0.3) is 0 Å². The molecule has 0 saturated carbocycles. The quantitative estimate of drug-likeness (QED) is 0.850. The topological polar surface area (TPSA) is 55.9 Å². The Morgan fingerprint density at radius 2 is 1.83 bits per heavy atom. The molecule has 1 aromatic carbocycles. The van der Waals surface area contributed by atoms with Gasteiger partial charge in [0.15, 0.2) is 0 Å². The summed E-state index contributed by atoms with van der Waals surface area (Å²) in [7, 11) is 3.24. The van der Waals surface area contributed by atoms with E-state index in [4.69, 9.17) is 0 Å². The van der Waals surface area contributed by atoms with Gasteiger partial charge in [-0.3, -0.25) is 14.5 Å². The van der Waals surface area contributed by atoms with Gasteiger partial charge in [-0.2, -0.15) is 0 Å². The van der Waals surface area contributed by atoms with Gasteiger partial charge in [-0.05, 0) is 18.6 Å². The van der Waals surface area contributed by atoms with Gasteiger partial charge in [0.25, 0.3) is 0 Å². The number of hydrogen-bond donors (Lipinski definition) is 1. The normalized spacial score (nSPS) is 15.3. The fraction of sp³-hybridized carbons (Fsp3) is 0.529. The number of nitrogens with one attached hydrogen (secondary N) is 1. The monoisotopic (exact) mass is 318 g/mol. The largest absolute Gasteiger partial charge is 0.369 e. The van der Waals surface area contributed by atoms with Crippen LogP contribution in [0.1, 0.15) is 5.56 Å². The highest BCUT2D eigenvalue weighted by atomic mass is 16.2. The van der Waals surface area contributed by atoms with E-state index in [0.29, 0.717) is 6.54 Å². The number of piperazine rings is 1. The summed E-state index contributed by atoms with van der Waals surface area (Å²) < 4.78 is 0. The number of benzene rings is 1. The Labute approximate surface area is 138 Å². The van der Waals surface area contributed by atoms with E-state index >= 15 is 0 Å². The molecular formula is C17H26N4O2. The second-order valence-electron chi connectivity index (χ2n) is 5.97. The van der Waals surface area contributed by atoms with Crippen LogP contribution in [0.15, 0.2) is 24.3 Å². The summed E-state index contributed by atoms with van der Waals surface area (Å²) >= 11 is 0. The second-order valence-corrected chi connectivity index (χ2v) is 5.97. The molecule has 1 N–H and O–H groups in total. The van der Waals surface area contributed by atoms with Gasteiger partial charge in [-0.25, -0.2) is 0 Å². The molecule has 23 heavy (non-hydrogen) atoms. The number of anilines is 1. The minimum Gasteiger partial charge on any atom is -0.369 e. The summed E-state index contributed by atoms with van der Waals surface area (Å²) in [4.78, 5) is 29.5. The SMILES string of the molecule is CNC(=O)CN(C)C(=O)CN1CCN(c2ccccc2C)CC1. The van der Waals surface area contributed by atoms with Crippen molar-refractivity contribution in [2.24, 2.45) is 0 Å². The second kappa shape index (κ2) is 7.97. The molecule has 0 radical (unpaired) electrons. The van der Waals surface area contributed by atoms with E-state index in [2.05, 4.69) is 46.3 Å². The number of para-hydroxylation sites is 1. The average molecular weight is 318 g/mol. The molecule has 0 aromatic heterocycles. The number of likely N-dealkylation sites (N-methyl/N-ethyl adjacent to an activating group) is 2. The average Bonchev–Trinajstić information content (AvgIpc) is 2.56. The Balaban J connectivity index is 1.82. The van der Waals surface area contributed by atoms with E-state index in [1.165, 1.54) is 16.2 Å². The third kappa shape index (κ3) is 4.69. The highest BCUT2D eigenvalue weighted by Crippen LogP contribution is 2.20. The summed E-state index contributed by atoms with van der Waals surface area (Å²) in [5.41, 5.74) is 2.55. The van der Waals surface area contributed by atoms with Crippen LogP contribution >= 0.6 is 0 Å². The fourth-order valence-corrected chi connectivity index (χ4v) is 2.76. The standard InChI is InChI=1S/C17H26N4O2/c1-14-6-4-5-7-15(14)21-10-8-20(9-11-21)13-17(23)19(3)12-16(22)18-2/h4-7H,8-13H2,1-3H3,(H,18,22). The van der Waals surface area contributed by atoms with Gasteiger partial charge in [0, 0.05) is 46.0 Å². The number of nitrogens with zero attached hydrogens (tertiary/aromatic N) is 3. The van der Waals surface area contributed by atoms with Crippen LogP contribution in [0.2, 0.25) is 0 Å². The summed E-state index contributed by atoms with van der Waals surface area (Å²) in [6.07, 6.45) is 0. The van der Waals surface area contributed by atoms with Gasteiger partial charge in [-0.15, -0.1) is 0 Å². The van der Waals surface area contributed by atoms with Crippen LogP contribution in [0.5, 0.6) is 0 Å². The smallest absolute Gasteiger partial charge is 0.239 e. The molecule has 0 aliphatic carbocycles. The first-order valence-electron chi connectivity index (χ1n) is 7.98. The lowest BCUT2D eigenvalue weighted by molar-refractivity contribution is -0.135. The predicted octanol–water partition coefficient (Wildman–Crippen LogP) is 0.321. The van der Waals surface area contributed by atoms with E-state index in [1.807, 2.05) is 0 Å². The Morgan fingerprint density at radius 3 is 2.43 bits per heavy atom. The Morgan fingerprint density at radius 1 is 1.17 bits per heavy atom. The van der Waals surface area contributed by atoms with Crippen LogP contribution < -0.4 is 10.2 Å². The number of amides is 2. The zero-order chi connectivity index (χ0) is 16.8. The van der Waals surface area contributed by atoms with Crippen molar-refractivity contribution in [2.45, 2.75) is 6.92 Å². The van der Waals surface area contributed by atoms with Crippen LogP contribution in [-0.4, -0.2) is 75.0 Å². The molecule has 1 heterocycles. The molecule has 0 spiro atoms. The molecule has 6 heteroatoms. The van der Waals surface area contributed by atoms with Crippen LogP contribution in [-0.2, 0) is 9.59 Å². The zero-order valence-electron chi connectivity index (χ0n) is 14.2. The number of carbonyl (C=O) groups excluding carboxylic acids is 2. The summed E-state index contributed by atoms with van der Waals surface area (Å²) in [6, 6.07) is 8.38. The van der Waals surface area contributed by atoms with Gasteiger partial charge in [0.05, 0.1) is 13.1 Å². The van der Waals surface area contributed by atoms with Gasteiger partial charge >= 0.3 is 0 Å². The zero-order valence-corrected chi connectivity index (χ0v) is 14.2. The molecule has 1 fully saturated rings. The maximum Gasteiger partial charge on any atom is 0.239 e. The molecule has 0 bridgehead atoms. The van der Waals surface area contributed by atoms with E-state index < -0.39 is 0 Å². The van der Waals surface area contributed by atoms with Crippen molar-refractivity contribution in [3.63, 3.8) is 0 Å². The Hall–Kier alpha value is -2.08. The number of carbonyl (C=O) groups is 2. The van der Waals surface area contributed by atoms with Gasteiger partial charge in [0.1, 0.15) is 0 Å². The fourth-order valence-electron chi connectivity index (χ4n) is 2.76. The molecule has 2 rings (SSSR count). The number of hydrogen-bond acceptors (Lipinski definition) is 4. The van der Waals surface area contributed by atoms with Crippen LogP contribution in [0.4, 0.5) is 5.69 Å². The van der Waals surface area contributed by atoms with Crippen molar-refractivity contribution in [1.82, 2.24) is 15.1 Å². The van der Waals surface area contributed by atoms with E-state index in [1.54, 1.807) is 14.1 Å². The van der Waals surface area contributed by atoms with E-state index in [-0.39, 0.29) is 18.4 Å². The number of rotatable bonds is 5. The molecule has 0 unspecified atom stereocenters. The van der Waals surface area contributed by atoms with Crippen molar-refractivity contribution < 1.29 is 9.59 Å². The van der Waals surface area contributed by atoms with E-state index in [9.17, 15) is 9.59 Å². The van der Waals surface area contributed by atoms with Gasteiger partial charge < -0.3 is 15.1 Å². The maximum atomic E-state index is 12.2. The van der Waals surface area contributed by atoms with E-state index in [0.717, 1.165) is 26.2 Å². The van der Waals surface area contributed by atoms with Gasteiger partial charge in [-0.1, -0.05) is 18.2 Å². The molecule has 1 aliphatic heterocycles. The van der Waals surface area contributed by atoms with Crippen molar-refractivity contribution in [3.05, 3.63) is 29.8 Å². The van der Waals surface area contributed by atoms with Crippen LogP contribution in [0, 0.1) is 6.92 Å². The minimum absolute atomic E-state index is 0.0158. The lowest BCUT2D eigenvalue weighted by atomic mass is 10.1. The highest BCUT2D eigenvalue weighted by Gasteiger charge is 2.21. The third-order valence-electron chi connectivity index (χ3n) is 4.27. The van der Waals surface area contributed by atoms with Gasteiger partial charge in [0.2, 0.25) is 11.8 Å². The third-order valence-corrected chi connectivity index (χ3v) is 4.27. The first-order chi connectivity index (χ1) is 11.0. The molecule has 2 amide bonds. The van der Waals surface area contributed by atoms with Crippen molar-refractivity contribution in [1.29, 1.82) is 0 Å². The van der Waals surface area contributed by atoms with Crippen LogP contribution in [0.3, 0.4) is 0 Å². The highest BCUT2D eigenvalue weighted by molar-refractivity contribution is 5.85. The van der Waals surface area contributed by atoms with Crippen molar-refractivity contribution >= 4 is 17.5 Å². The lowest BCUT2D eigenvalue weighted by Crippen LogP contribution is -2.50. The lowest BCUT2D eigenvalue weighted by Gasteiger charge is -2.36. The Bertz CT molecular complexity index is 553. The maximum absolute atomic E-state index is 12.2. The molecule has 0 atom stereocenters. The van der Waals surface area contributed by atoms with Crippen molar-refractivity contribution in [2.75, 3.05) is 58.3 Å². The number of aryl methyl sites for hydroxylation is 1. The first kappa shape index (κ1) is 17.3. The predicted molar refractivity (Wildman–Crippen MR) is 91.5 cm³/mol. The van der Waals surface area contributed by atoms with Crippen molar-refractivity contribution in [3.8, 4) is 0 Å². The molecule has 1 saturated heterocycles. The molecular weight excluding hydrogens is 292 g/mol. The summed E-state index contributed by atoms with van der Waals surface area (Å²) in [5.74, 6) is -0.164. The molecule has 126 valence electrons. The molecule has 1 aliphatic rings. The molecule has 1 aromatic rings.